The zero-order valence-corrected chi connectivity index (χ0v) is 13.9. The average Bonchev–Trinajstić information content (AvgIpc) is 3.20. The van der Waals surface area contributed by atoms with Gasteiger partial charge < -0.3 is 10.5 Å². The highest BCUT2D eigenvalue weighted by Crippen LogP contribution is 2.40. The van der Waals surface area contributed by atoms with Crippen molar-refractivity contribution in [1.29, 1.82) is 0 Å². The molecule has 0 aromatic carbocycles. The van der Waals surface area contributed by atoms with E-state index in [4.69, 9.17) is 5.73 Å². The number of aryl methyl sites for hydroxylation is 1. The normalized spacial score (nSPS) is 18.3. The number of methoxy groups -OCH3 is 1. The molecule has 0 spiro atoms. The number of hydrogen-bond acceptors (Lipinski definition) is 6. The van der Waals surface area contributed by atoms with Gasteiger partial charge in [0.2, 0.25) is 10.0 Å². The van der Waals surface area contributed by atoms with Crippen molar-refractivity contribution in [3.8, 4) is 0 Å². The topological polar surface area (TPSA) is 98.5 Å². The Morgan fingerprint density at radius 1 is 1.57 bits per heavy atom. The zero-order chi connectivity index (χ0) is 15.8. The molecule has 3 N–H and O–H groups in total. The second-order valence-corrected chi connectivity index (χ2v) is 8.07. The van der Waals surface area contributed by atoms with Gasteiger partial charge in [-0.15, -0.1) is 11.3 Å². The molecule has 1 saturated carbocycles. The molecule has 2 rings (SSSR count). The van der Waals surface area contributed by atoms with E-state index in [0.717, 1.165) is 24.2 Å². The molecule has 0 amide bonds. The van der Waals surface area contributed by atoms with E-state index in [-0.39, 0.29) is 22.2 Å². The fourth-order valence-corrected chi connectivity index (χ4v) is 5.56. The third-order valence-electron chi connectivity index (χ3n) is 3.83. The van der Waals surface area contributed by atoms with E-state index in [1.165, 1.54) is 7.11 Å². The first-order chi connectivity index (χ1) is 9.75. The van der Waals surface area contributed by atoms with Crippen molar-refractivity contribution in [3.63, 3.8) is 0 Å². The van der Waals surface area contributed by atoms with Crippen LogP contribution in [0.4, 0.5) is 0 Å². The van der Waals surface area contributed by atoms with Crippen LogP contribution in [0.15, 0.2) is 10.3 Å². The van der Waals surface area contributed by atoms with Crippen LogP contribution < -0.4 is 10.5 Å². The Bertz CT molecular complexity index is 649. The summed E-state index contributed by atoms with van der Waals surface area (Å²) in [7, 11) is -2.60. The summed E-state index contributed by atoms with van der Waals surface area (Å²) in [4.78, 5) is 11.8. The van der Waals surface area contributed by atoms with Crippen molar-refractivity contribution in [2.45, 2.75) is 37.1 Å². The van der Waals surface area contributed by atoms with E-state index < -0.39 is 21.5 Å². The van der Waals surface area contributed by atoms with Crippen LogP contribution in [0, 0.1) is 12.8 Å². The molecule has 21 heavy (non-hydrogen) atoms. The van der Waals surface area contributed by atoms with Crippen LogP contribution in [-0.4, -0.2) is 33.6 Å². The second-order valence-electron chi connectivity index (χ2n) is 5.57. The number of thiophene rings is 1. The molecule has 6 nitrogen and oxygen atoms in total. The van der Waals surface area contributed by atoms with Gasteiger partial charge in [-0.05, 0) is 43.6 Å². The number of nitrogens with two attached hydrogens (primary N) is 1. The summed E-state index contributed by atoms with van der Waals surface area (Å²) in [6.45, 7) is 3.68. The molecule has 1 aliphatic carbocycles. The van der Waals surface area contributed by atoms with Crippen LogP contribution in [0.25, 0.3) is 0 Å². The van der Waals surface area contributed by atoms with E-state index in [1.54, 1.807) is 12.3 Å². The van der Waals surface area contributed by atoms with Crippen LogP contribution in [-0.2, 0) is 14.8 Å². The Balaban J connectivity index is 2.40. The fourth-order valence-electron chi connectivity index (χ4n) is 2.37. The molecule has 118 valence electrons. The zero-order valence-electron chi connectivity index (χ0n) is 12.3. The van der Waals surface area contributed by atoms with Crippen LogP contribution in [0.2, 0.25) is 0 Å². The van der Waals surface area contributed by atoms with Crippen molar-refractivity contribution in [2.24, 2.45) is 11.7 Å². The highest BCUT2D eigenvalue weighted by atomic mass is 32.2. The van der Waals surface area contributed by atoms with Crippen LogP contribution in [0.5, 0.6) is 0 Å². The van der Waals surface area contributed by atoms with Crippen molar-refractivity contribution in [2.75, 3.05) is 13.7 Å². The van der Waals surface area contributed by atoms with Gasteiger partial charge in [0.25, 0.3) is 0 Å². The molecular weight excluding hydrogens is 312 g/mol. The van der Waals surface area contributed by atoms with E-state index >= 15 is 0 Å². The van der Waals surface area contributed by atoms with Crippen LogP contribution in [0.3, 0.4) is 0 Å². The molecule has 1 fully saturated rings. The second kappa shape index (κ2) is 5.68. The van der Waals surface area contributed by atoms with Gasteiger partial charge in [0, 0.05) is 12.1 Å². The quantitative estimate of drug-likeness (QED) is 0.764. The predicted octanol–water partition coefficient (Wildman–Crippen LogP) is 1.25. The van der Waals surface area contributed by atoms with Crippen molar-refractivity contribution in [3.05, 3.63) is 15.8 Å². The fraction of sp³-hybridized carbons (Fsp3) is 0.615. The number of nitrogens with one attached hydrogen (secondary N) is 1. The van der Waals surface area contributed by atoms with Gasteiger partial charge in [-0.25, -0.2) is 17.9 Å². The lowest BCUT2D eigenvalue weighted by atomic mass is 9.98. The van der Waals surface area contributed by atoms with Gasteiger partial charge >= 0.3 is 5.97 Å². The third kappa shape index (κ3) is 3.13. The van der Waals surface area contributed by atoms with Gasteiger partial charge in [0.05, 0.1) is 7.11 Å². The molecule has 0 radical (unpaired) electrons. The molecule has 1 aromatic rings. The molecule has 1 atom stereocenters. The molecule has 0 saturated heterocycles. The number of carbonyl (C=O) groups excluding carboxylic acids is 1. The summed E-state index contributed by atoms with van der Waals surface area (Å²) in [6, 6.07) is 0. The maximum atomic E-state index is 12.7. The number of sulfonamides is 1. The third-order valence-corrected chi connectivity index (χ3v) is 6.83. The molecule has 1 heterocycles. The predicted molar refractivity (Wildman–Crippen MR) is 80.9 cm³/mol. The maximum absolute atomic E-state index is 12.7. The lowest BCUT2D eigenvalue weighted by Gasteiger charge is -2.29. The largest absolute Gasteiger partial charge is 0.465 e. The monoisotopic (exact) mass is 332 g/mol. The average molecular weight is 332 g/mol. The van der Waals surface area contributed by atoms with Gasteiger partial charge in [-0.3, -0.25) is 0 Å². The smallest absolute Gasteiger partial charge is 0.349 e. The number of rotatable bonds is 6. The van der Waals surface area contributed by atoms with Gasteiger partial charge in [0.1, 0.15) is 9.77 Å². The van der Waals surface area contributed by atoms with E-state index in [2.05, 4.69) is 9.46 Å². The minimum atomic E-state index is -3.83. The standard InChI is InChI=1S/C13H20N2O4S2/c1-8-6-20-10(12(16)19-3)11(8)21(17,18)15-13(2,7-14)9-4-5-9/h6,9,15H,4-5,7,14H2,1-3H3. The van der Waals surface area contributed by atoms with Crippen molar-refractivity contribution >= 4 is 27.3 Å². The molecule has 1 unspecified atom stereocenters. The van der Waals surface area contributed by atoms with Gasteiger partial charge in [-0.2, -0.15) is 0 Å². The summed E-state index contributed by atoms with van der Waals surface area (Å²) >= 11 is 1.07. The molecule has 0 bridgehead atoms. The maximum Gasteiger partial charge on any atom is 0.349 e. The molecular formula is C13H20N2O4S2. The Morgan fingerprint density at radius 2 is 2.19 bits per heavy atom. The minimum Gasteiger partial charge on any atom is -0.465 e. The highest BCUT2D eigenvalue weighted by Gasteiger charge is 2.44. The van der Waals surface area contributed by atoms with E-state index in [9.17, 15) is 13.2 Å². The summed E-state index contributed by atoms with van der Waals surface area (Å²) < 4.78 is 32.7. The minimum absolute atomic E-state index is 0.000301. The van der Waals surface area contributed by atoms with Crippen molar-refractivity contribution in [1.82, 2.24) is 4.72 Å². The molecule has 1 aromatic heterocycles. The molecule has 8 heteroatoms. The van der Waals surface area contributed by atoms with Gasteiger partial charge in [-0.1, -0.05) is 0 Å². The van der Waals surface area contributed by atoms with E-state index in [1.807, 2.05) is 6.92 Å². The SMILES string of the molecule is COC(=O)c1scc(C)c1S(=O)(=O)NC(C)(CN)C1CC1. The van der Waals surface area contributed by atoms with E-state index in [0.29, 0.717) is 5.56 Å². The summed E-state index contributed by atoms with van der Waals surface area (Å²) in [5.74, 6) is -0.396. The number of carbonyl (C=O) groups is 1. The Hall–Kier alpha value is -0.960. The first kappa shape index (κ1) is 16.4. The summed E-state index contributed by atoms with van der Waals surface area (Å²) in [5, 5.41) is 1.64. The first-order valence-corrected chi connectivity index (χ1v) is 9.02. The number of esters is 1. The highest BCUT2D eigenvalue weighted by molar-refractivity contribution is 7.89. The summed E-state index contributed by atoms with van der Waals surface area (Å²) in [5.41, 5.74) is 5.61. The van der Waals surface area contributed by atoms with Crippen LogP contribution >= 0.6 is 11.3 Å². The number of ether oxygens (including phenoxy) is 1. The Labute approximate surface area is 128 Å². The first-order valence-electron chi connectivity index (χ1n) is 6.65. The molecule has 0 aliphatic heterocycles. The lowest BCUT2D eigenvalue weighted by Crippen LogP contribution is -2.53. The summed E-state index contributed by atoms with van der Waals surface area (Å²) in [6.07, 6.45) is 1.92. The molecule has 1 aliphatic rings. The van der Waals surface area contributed by atoms with Crippen molar-refractivity contribution < 1.29 is 17.9 Å². The lowest BCUT2D eigenvalue weighted by molar-refractivity contribution is 0.0602. The van der Waals surface area contributed by atoms with Gasteiger partial charge in [0.15, 0.2) is 0 Å². The number of hydrogen-bond donors (Lipinski definition) is 2. The Kier molecular flexibility index (Phi) is 4.44. The van der Waals surface area contributed by atoms with Crippen LogP contribution in [0.1, 0.15) is 35.0 Å². The Morgan fingerprint density at radius 3 is 2.67 bits per heavy atom.